The van der Waals surface area contributed by atoms with Crippen LogP contribution in [0.3, 0.4) is 0 Å². The highest BCUT2D eigenvalue weighted by Gasteiger charge is 2.30. The van der Waals surface area contributed by atoms with Gasteiger partial charge in [0.05, 0.1) is 0 Å². The van der Waals surface area contributed by atoms with E-state index in [1.165, 1.54) is 0 Å². The number of anilines is 1. The van der Waals surface area contributed by atoms with Crippen molar-refractivity contribution in [3.8, 4) is 5.75 Å². The number of aliphatic hydroxyl groups excluding tert-OH is 1. The third-order valence-electron chi connectivity index (χ3n) is 5.06. The lowest BCUT2D eigenvalue weighted by atomic mass is 9.95. The normalized spacial score (nSPS) is 15.5. The first-order valence-corrected chi connectivity index (χ1v) is 12.2. The zero-order chi connectivity index (χ0) is 21.5. The van der Waals surface area contributed by atoms with Gasteiger partial charge < -0.3 is 20.1 Å². The highest BCUT2D eigenvalue weighted by molar-refractivity contribution is 14.1. The number of halogens is 1. The molecule has 0 aliphatic carbocycles. The Balaban J connectivity index is 1.50. The van der Waals surface area contributed by atoms with Crippen molar-refractivity contribution < 1.29 is 19.4 Å². The Bertz CT molecular complexity index is 852. The van der Waals surface area contributed by atoms with Gasteiger partial charge in [0.1, 0.15) is 11.7 Å². The van der Waals surface area contributed by atoms with E-state index in [9.17, 15) is 14.7 Å². The summed E-state index contributed by atoms with van der Waals surface area (Å²) in [6.45, 7) is 0.908. The second kappa shape index (κ2) is 11.0. The Hall–Kier alpha value is -1.78. The molecule has 30 heavy (non-hydrogen) atoms. The van der Waals surface area contributed by atoms with Crippen molar-refractivity contribution in [3.05, 3.63) is 57.7 Å². The van der Waals surface area contributed by atoms with Gasteiger partial charge in [0.25, 0.3) is 5.91 Å². The molecule has 160 valence electrons. The second-order valence-corrected chi connectivity index (χ2v) is 9.18. The standard InChI is InChI=1S/C22H25IN2O4S/c1-30-14-29-19-8-2-15(3-9-19)20(26)22(28)25-12-10-16(11-13-25)21(27)24-18-6-4-17(23)5-7-18/h2-9,16,20,26H,10-14H2,1H3,(H,24,27). The fraction of sp³-hybridized carbons (Fsp3) is 0.364. The number of nitrogens with one attached hydrogen (secondary N) is 1. The topological polar surface area (TPSA) is 78.9 Å². The van der Waals surface area contributed by atoms with Crippen LogP contribution >= 0.6 is 34.4 Å². The first kappa shape index (κ1) is 22.9. The molecule has 6 nitrogen and oxygen atoms in total. The molecule has 2 N–H and O–H groups in total. The molecule has 2 amide bonds. The zero-order valence-corrected chi connectivity index (χ0v) is 19.7. The molecule has 1 aliphatic rings. The van der Waals surface area contributed by atoms with Crippen molar-refractivity contribution in [3.63, 3.8) is 0 Å². The molecule has 3 rings (SSSR count). The number of piperidine rings is 1. The third kappa shape index (κ3) is 6.12. The third-order valence-corrected chi connectivity index (χ3v) is 6.14. The highest BCUT2D eigenvalue weighted by Crippen LogP contribution is 2.25. The number of nitrogens with zero attached hydrogens (tertiary/aromatic N) is 1. The summed E-state index contributed by atoms with van der Waals surface area (Å²) in [5.74, 6) is 0.757. The summed E-state index contributed by atoms with van der Waals surface area (Å²) >= 11 is 3.79. The van der Waals surface area contributed by atoms with E-state index in [1.54, 1.807) is 40.9 Å². The van der Waals surface area contributed by atoms with Gasteiger partial charge in [0, 0.05) is 28.3 Å². The summed E-state index contributed by atoms with van der Waals surface area (Å²) < 4.78 is 6.61. The summed E-state index contributed by atoms with van der Waals surface area (Å²) in [4.78, 5) is 26.8. The van der Waals surface area contributed by atoms with Crippen LogP contribution in [0.1, 0.15) is 24.5 Å². The number of amides is 2. The van der Waals surface area contributed by atoms with Gasteiger partial charge in [-0.1, -0.05) is 12.1 Å². The maximum atomic E-state index is 12.7. The van der Waals surface area contributed by atoms with E-state index in [0.29, 0.717) is 43.2 Å². The van der Waals surface area contributed by atoms with Crippen molar-refractivity contribution in [2.75, 3.05) is 30.6 Å². The molecule has 1 saturated heterocycles. The predicted molar refractivity (Wildman–Crippen MR) is 128 cm³/mol. The average molecular weight is 540 g/mol. The molecule has 1 aliphatic heterocycles. The number of aliphatic hydroxyl groups is 1. The van der Waals surface area contributed by atoms with Gasteiger partial charge in [-0.05, 0) is 83.6 Å². The maximum Gasteiger partial charge on any atom is 0.256 e. The Morgan fingerprint density at radius 1 is 1.17 bits per heavy atom. The average Bonchev–Trinajstić information content (AvgIpc) is 2.78. The number of likely N-dealkylation sites (tertiary alicyclic amines) is 1. The minimum atomic E-state index is -1.21. The Morgan fingerprint density at radius 2 is 1.80 bits per heavy atom. The molecule has 8 heteroatoms. The Morgan fingerprint density at radius 3 is 2.40 bits per heavy atom. The minimum Gasteiger partial charge on any atom is -0.483 e. The van der Waals surface area contributed by atoms with Crippen LogP contribution in [0.5, 0.6) is 5.75 Å². The largest absolute Gasteiger partial charge is 0.483 e. The molecule has 1 fully saturated rings. The molecule has 1 heterocycles. The lowest BCUT2D eigenvalue weighted by Gasteiger charge is -2.32. The Kier molecular flexibility index (Phi) is 8.41. The van der Waals surface area contributed by atoms with E-state index >= 15 is 0 Å². The number of hydrogen-bond acceptors (Lipinski definition) is 5. The van der Waals surface area contributed by atoms with E-state index in [1.807, 2.05) is 30.5 Å². The molecular formula is C22H25IN2O4S. The summed E-state index contributed by atoms with van der Waals surface area (Å²) in [6, 6.07) is 14.6. The van der Waals surface area contributed by atoms with Crippen LogP contribution in [0, 0.1) is 9.49 Å². The molecule has 1 unspecified atom stereocenters. The molecule has 0 saturated carbocycles. The van der Waals surface area contributed by atoms with Gasteiger partial charge in [-0.2, -0.15) is 0 Å². The van der Waals surface area contributed by atoms with Crippen molar-refractivity contribution in [1.82, 2.24) is 4.90 Å². The van der Waals surface area contributed by atoms with Gasteiger partial charge in [-0.15, -0.1) is 11.8 Å². The van der Waals surface area contributed by atoms with Gasteiger partial charge in [-0.3, -0.25) is 9.59 Å². The number of thioether (sulfide) groups is 1. The summed E-state index contributed by atoms with van der Waals surface area (Å²) in [7, 11) is 0. The minimum absolute atomic E-state index is 0.0234. The lowest BCUT2D eigenvalue weighted by Crippen LogP contribution is -2.43. The number of carbonyl (C=O) groups excluding carboxylic acids is 2. The molecule has 0 radical (unpaired) electrons. The molecule has 2 aromatic rings. The first-order chi connectivity index (χ1) is 14.5. The SMILES string of the molecule is CSCOc1ccc(C(O)C(=O)N2CCC(C(=O)Nc3ccc(I)cc3)CC2)cc1. The number of hydrogen-bond donors (Lipinski definition) is 2. The molecular weight excluding hydrogens is 515 g/mol. The molecule has 2 aromatic carbocycles. The fourth-order valence-corrected chi connectivity index (χ4v) is 3.94. The number of benzene rings is 2. The van der Waals surface area contributed by atoms with E-state index < -0.39 is 6.10 Å². The molecule has 0 aromatic heterocycles. The van der Waals surface area contributed by atoms with Crippen molar-refractivity contribution in [2.45, 2.75) is 18.9 Å². The van der Waals surface area contributed by atoms with Crippen LogP contribution < -0.4 is 10.1 Å². The molecule has 0 bridgehead atoms. The van der Waals surface area contributed by atoms with Gasteiger partial charge in [-0.25, -0.2) is 0 Å². The summed E-state index contributed by atoms with van der Waals surface area (Å²) in [5.41, 5.74) is 1.31. The van der Waals surface area contributed by atoms with Crippen LogP contribution in [-0.4, -0.2) is 47.1 Å². The number of ether oxygens (including phenoxy) is 1. The van der Waals surface area contributed by atoms with E-state index in [-0.39, 0.29) is 17.7 Å². The van der Waals surface area contributed by atoms with Gasteiger partial charge in [0.15, 0.2) is 6.10 Å². The summed E-state index contributed by atoms with van der Waals surface area (Å²) in [5, 5.41) is 13.4. The Labute approximate surface area is 194 Å². The summed E-state index contributed by atoms with van der Waals surface area (Å²) in [6.07, 6.45) is 1.90. The lowest BCUT2D eigenvalue weighted by molar-refractivity contribution is -0.143. The number of carbonyl (C=O) groups is 2. The maximum absolute atomic E-state index is 12.7. The van der Waals surface area contributed by atoms with Crippen molar-refractivity contribution >= 4 is 51.9 Å². The second-order valence-electron chi connectivity index (χ2n) is 7.12. The molecule has 0 spiro atoms. The zero-order valence-electron chi connectivity index (χ0n) is 16.7. The molecule has 1 atom stereocenters. The van der Waals surface area contributed by atoms with Crippen LogP contribution in [-0.2, 0) is 9.59 Å². The smallest absolute Gasteiger partial charge is 0.256 e. The quantitative estimate of drug-likeness (QED) is 0.412. The van der Waals surface area contributed by atoms with Crippen LogP contribution in [0.4, 0.5) is 5.69 Å². The van der Waals surface area contributed by atoms with Crippen LogP contribution in [0.25, 0.3) is 0 Å². The van der Waals surface area contributed by atoms with Gasteiger partial charge >= 0.3 is 0 Å². The fourth-order valence-electron chi connectivity index (χ4n) is 3.33. The van der Waals surface area contributed by atoms with E-state index in [0.717, 1.165) is 9.26 Å². The first-order valence-electron chi connectivity index (χ1n) is 9.73. The predicted octanol–water partition coefficient (Wildman–Crippen LogP) is 3.90. The highest BCUT2D eigenvalue weighted by atomic mass is 127. The van der Waals surface area contributed by atoms with Crippen LogP contribution in [0.15, 0.2) is 48.5 Å². The van der Waals surface area contributed by atoms with E-state index in [4.69, 9.17) is 4.74 Å². The van der Waals surface area contributed by atoms with E-state index in [2.05, 4.69) is 27.9 Å². The van der Waals surface area contributed by atoms with Crippen LogP contribution in [0.2, 0.25) is 0 Å². The van der Waals surface area contributed by atoms with Crippen molar-refractivity contribution in [2.24, 2.45) is 5.92 Å². The monoisotopic (exact) mass is 540 g/mol. The van der Waals surface area contributed by atoms with Gasteiger partial charge in [0.2, 0.25) is 5.91 Å². The number of rotatable bonds is 7. The van der Waals surface area contributed by atoms with Crippen molar-refractivity contribution in [1.29, 1.82) is 0 Å².